The normalized spacial score (nSPS) is 12.4. The highest BCUT2D eigenvalue weighted by atomic mass is 31.1. The third kappa shape index (κ3) is 6.14. The van der Waals surface area contributed by atoms with Gasteiger partial charge in [-0.2, -0.15) is 0 Å². The summed E-state index contributed by atoms with van der Waals surface area (Å²) < 4.78 is 25.5. The zero-order chi connectivity index (χ0) is 32.3. The van der Waals surface area contributed by atoms with Gasteiger partial charge in [-0.1, -0.05) is 128 Å². The molecule has 0 bridgehead atoms. The van der Waals surface area contributed by atoms with Crippen LogP contribution in [0.1, 0.15) is 24.0 Å². The zero-order valence-electron chi connectivity index (χ0n) is 26.2. The lowest BCUT2D eigenvalue weighted by atomic mass is 9.89. The fourth-order valence-electron chi connectivity index (χ4n) is 6.29. The van der Waals surface area contributed by atoms with E-state index in [0.717, 1.165) is 77.2 Å². The number of fused-ring (bicyclic) bond motifs is 4. The molecule has 8 aromatic carbocycles. The van der Waals surface area contributed by atoms with Crippen LogP contribution in [0.3, 0.4) is 0 Å². The topological polar surface area (TPSA) is 36.9 Å². The van der Waals surface area contributed by atoms with Crippen molar-refractivity contribution >= 4 is 61.2 Å². The molecule has 48 heavy (non-hydrogen) atoms. The first-order valence-electron chi connectivity index (χ1n) is 15.9. The summed E-state index contributed by atoms with van der Waals surface area (Å²) in [7, 11) is -0.448. The van der Waals surface area contributed by atoms with Crippen LogP contribution in [-0.2, 0) is 0 Å². The minimum absolute atomic E-state index is 0.0612. The molecule has 4 nitrogen and oxygen atoms in total. The Morgan fingerprint density at radius 1 is 0.354 bits per heavy atom. The molecule has 234 valence electrons. The van der Waals surface area contributed by atoms with Crippen molar-refractivity contribution in [2.45, 2.75) is 12.8 Å². The summed E-state index contributed by atoms with van der Waals surface area (Å²) in [6, 6.07) is 54.1. The number of hydrogen-bond donors (Lipinski definition) is 0. The van der Waals surface area contributed by atoms with E-state index >= 15 is 0 Å². The van der Waals surface area contributed by atoms with Crippen molar-refractivity contribution in [1.82, 2.24) is 0 Å². The maximum atomic E-state index is 6.49. The number of rotatable bonds is 10. The van der Waals surface area contributed by atoms with Gasteiger partial charge >= 0.3 is 0 Å². The molecule has 0 fully saturated rings. The first-order valence-corrected chi connectivity index (χ1v) is 17.5. The zero-order valence-corrected chi connectivity index (χ0v) is 28.2. The molecule has 8 aromatic rings. The average Bonchev–Trinajstić information content (AvgIpc) is 3.14. The van der Waals surface area contributed by atoms with Crippen LogP contribution in [-0.4, -0.2) is 0 Å². The Morgan fingerprint density at radius 3 is 1.12 bits per heavy atom. The Balaban J connectivity index is 1.12. The van der Waals surface area contributed by atoms with E-state index in [9.17, 15) is 0 Å². The Kier molecular flexibility index (Phi) is 8.52. The predicted octanol–water partition coefficient (Wildman–Crippen LogP) is 12.4. The summed E-state index contributed by atoms with van der Waals surface area (Å²) in [5, 5.41) is 8.91. The maximum Gasteiger partial charge on any atom is 0.275 e. The van der Waals surface area contributed by atoms with Crippen LogP contribution in [0.2, 0.25) is 0 Å². The van der Waals surface area contributed by atoms with E-state index in [2.05, 4.69) is 116 Å². The molecule has 0 heterocycles. The minimum atomic E-state index is -0.224. The highest BCUT2D eigenvalue weighted by molar-refractivity contribution is 7.27. The van der Waals surface area contributed by atoms with Crippen LogP contribution in [0.4, 0.5) is 0 Å². The predicted molar refractivity (Wildman–Crippen MR) is 202 cm³/mol. The highest BCUT2D eigenvalue weighted by Crippen LogP contribution is 2.44. The largest absolute Gasteiger partial charge is 0.440 e. The van der Waals surface area contributed by atoms with Gasteiger partial charge in [0.15, 0.2) is 0 Å². The van der Waals surface area contributed by atoms with E-state index in [0.29, 0.717) is 0 Å². The second-order valence-corrected chi connectivity index (χ2v) is 12.9. The van der Waals surface area contributed by atoms with E-state index in [-0.39, 0.29) is 24.0 Å². The molecule has 0 spiro atoms. The molecular formula is C42H32O4P2. The molecule has 0 aliphatic rings. The lowest BCUT2D eigenvalue weighted by molar-refractivity contribution is 0.508. The maximum absolute atomic E-state index is 6.49. The molecule has 0 radical (unpaired) electrons. The summed E-state index contributed by atoms with van der Waals surface area (Å²) in [4.78, 5) is 0. The average molecular weight is 663 g/mol. The summed E-state index contributed by atoms with van der Waals surface area (Å²) in [6.45, 7) is 2.21. The summed E-state index contributed by atoms with van der Waals surface area (Å²) in [6.07, 6.45) is 0. The van der Waals surface area contributed by atoms with Gasteiger partial charge in [-0.05, 0) is 68.7 Å². The summed E-state index contributed by atoms with van der Waals surface area (Å²) in [5.41, 5.74) is 2.11. The standard InChI is InChI=1S/C42H32O4P2/c1-28(37-24-31-14-2-4-16-33(31)26-41(37)45-47-43-39-22-10-18-29-12-6-8-20-35(29)39)38-25-32-15-3-5-17-34(32)27-42(38)46-48-44-40-23-11-19-30-13-7-9-21-36(30)40/h2-28,47-48H,1H3. The van der Waals surface area contributed by atoms with Gasteiger partial charge < -0.3 is 18.1 Å². The van der Waals surface area contributed by atoms with Gasteiger partial charge in [0, 0.05) is 27.8 Å². The fraction of sp³-hybridized carbons (Fsp3) is 0.0476. The molecule has 0 saturated heterocycles. The lowest BCUT2D eigenvalue weighted by Gasteiger charge is -2.22. The van der Waals surface area contributed by atoms with Gasteiger partial charge in [-0.3, -0.25) is 0 Å². The quantitative estimate of drug-likeness (QED) is 0.137. The van der Waals surface area contributed by atoms with Crippen molar-refractivity contribution in [3.63, 3.8) is 0 Å². The Morgan fingerprint density at radius 2 is 0.688 bits per heavy atom. The molecule has 0 aromatic heterocycles. The number of hydrogen-bond acceptors (Lipinski definition) is 4. The Labute approximate surface area is 283 Å². The molecule has 6 heteroatoms. The molecule has 2 unspecified atom stereocenters. The van der Waals surface area contributed by atoms with E-state index in [1.54, 1.807) is 0 Å². The van der Waals surface area contributed by atoms with E-state index in [4.69, 9.17) is 18.1 Å². The van der Waals surface area contributed by atoms with E-state index in [1.165, 1.54) is 0 Å². The molecule has 2 atom stereocenters. The molecule has 8 rings (SSSR count). The van der Waals surface area contributed by atoms with Gasteiger partial charge in [0.1, 0.15) is 23.0 Å². The number of benzene rings is 8. The molecule has 0 N–H and O–H groups in total. The van der Waals surface area contributed by atoms with Crippen LogP contribution in [0, 0.1) is 0 Å². The van der Waals surface area contributed by atoms with Crippen molar-refractivity contribution in [3.8, 4) is 23.0 Å². The first-order chi connectivity index (χ1) is 23.7. The van der Waals surface area contributed by atoms with Crippen molar-refractivity contribution in [2.75, 3.05) is 0 Å². The second-order valence-electron chi connectivity index (χ2n) is 11.7. The minimum Gasteiger partial charge on any atom is -0.440 e. The molecular weight excluding hydrogens is 630 g/mol. The van der Waals surface area contributed by atoms with Gasteiger partial charge in [0.05, 0.1) is 0 Å². The Hall–Kier alpha value is -5.14. The van der Waals surface area contributed by atoms with Crippen LogP contribution < -0.4 is 18.1 Å². The third-order valence-corrected chi connectivity index (χ3v) is 10.0. The molecule has 0 saturated carbocycles. The van der Waals surface area contributed by atoms with Gasteiger partial charge in [-0.15, -0.1) is 0 Å². The SMILES string of the molecule is CC(c1cc2ccccc2cc1OPOc1cccc2ccccc12)c1cc2ccccc2cc1OPOc1cccc2ccccc12. The lowest BCUT2D eigenvalue weighted by Crippen LogP contribution is -2.02. The summed E-state index contributed by atoms with van der Waals surface area (Å²) in [5.74, 6) is 3.12. The van der Waals surface area contributed by atoms with Crippen molar-refractivity contribution < 1.29 is 18.1 Å². The van der Waals surface area contributed by atoms with Crippen LogP contribution >= 0.6 is 18.1 Å². The second kappa shape index (κ2) is 13.5. The van der Waals surface area contributed by atoms with E-state index in [1.807, 2.05) is 48.5 Å². The van der Waals surface area contributed by atoms with Crippen molar-refractivity contribution in [2.24, 2.45) is 0 Å². The van der Waals surface area contributed by atoms with Crippen molar-refractivity contribution in [3.05, 3.63) is 169 Å². The van der Waals surface area contributed by atoms with Gasteiger partial charge in [0.2, 0.25) is 0 Å². The van der Waals surface area contributed by atoms with Gasteiger partial charge in [0.25, 0.3) is 18.1 Å². The monoisotopic (exact) mass is 662 g/mol. The molecule has 0 aliphatic carbocycles. The van der Waals surface area contributed by atoms with Gasteiger partial charge in [-0.25, -0.2) is 0 Å². The fourth-order valence-corrected chi connectivity index (χ4v) is 7.44. The molecule has 0 amide bonds. The van der Waals surface area contributed by atoms with Crippen molar-refractivity contribution in [1.29, 1.82) is 0 Å². The first kappa shape index (κ1) is 30.2. The van der Waals surface area contributed by atoms with Crippen LogP contribution in [0.25, 0.3) is 43.1 Å². The Bertz CT molecular complexity index is 2230. The van der Waals surface area contributed by atoms with Crippen LogP contribution in [0.15, 0.2) is 158 Å². The van der Waals surface area contributed by atoms with Crippen LogP contribution in [0.5, 0.6) is 23.0 Å². The highest BCUT2D eigenvalue weighted by Gasteiger charge is 2.21. The molecule has 0 aliphatic heterocycles. The smallest absolute Gasteiger partial charge is 0.275 e. The third-order valence-electron chi connectivity index (χ3n) is 8.80. The summed E-state index contributed by atoms with van der Waals surface area (Å²) >= 11 is 0. The van der Waals surface area contributed by atoms with E-state index < -0.39 is 0 Å².